The van der Waals surface area contributed by atoms with E-state index in [0.717, 1.165) is 77.8 Å². The third-order valence-corrected chi connectivity index (χ3v) is 6.25. The molecule has 1 N–H and O–H groups in total. The quantitative estimate of drug-likeness (QED) is 0.470. The van der Waals surface area contributed by atoms with E-state index in [-0.39, 0.29) is 0 Å². The molecule has 0 saturated carbocycles. The highest BCUT2D eigenvalue weighted by Crippen LogP contribution is 2.30. The average molecular weight is 428 g/mol. The second kappa shape index (κ2) is 9.81. The van der Waals surface area contributed by atoms with Crippen LogP contribution in [-0.2, 0) is 15.2 Å². The van der Waals surface area contributed by atoms with Gasteiger partial charge in [-0.3, -0.25) is 4.98 Å². The number of para-hydroxylation sites is 2. The summed E-state index contributed by atoms with van der Waals surface area (Å²) in [4.78, 5) is 12.5. The summed E-state index contributed by atoms with van der Waals surface area (Å²) in [6, 6.07) is 9.99. The van der Waals surface area contributed by atoms with Gasteiger partial charge in [0, 0.05) is 30.4 Å². The van der Waals surface area contributed by atoms with Gasteiger partial charge in [-0.2, -0.15) is 0 Å². The molecular weight excluding hydrogens is 398 g/mol. The Morgan fingerprint density at radius 3 is 2.80 bits per heavy atom. The number of thioether (sulfide) groups is 1. The summed E-state index contributed by atoms with van der Waals surface area (Å²) in [7, 11) is 0. The minimum Gasteiger partial charge on any atom is -0.493 e. The summed E-state index contributed by atoms with van der Waals surface area (Å²) in [6.45, 7) is 6.30. The van der Waals surface area contributed by atoms with Crippen molar-refractivity contribution in [3.05, 3.63) is 47.8 Å². The van der Waals surface area contributed by atoms with Gasteiger partial charge in [-0.1, -0.05) is 37.2 Å². The number of pyridine rings is 1. The van der Waals surface area contributed by atoms with Crippen molar-refractivity contribution in [2.45, 2.75) is 56.2 Å². The van der Waals surface area contributed by atoms with E-state index in [0.29, 0.717) is 6.61 Å². The van der Waals surface area contributed by atoms with Gasteiger partial charge in [0.15, 0.2) is 10.9 Å². The molecule has 6 nitrogen and oxygen atoms in total. The maximum absolute atomic E-state index is 6.12. The summed E-state index contributed by atoms with van der Waals surface area (Å²) in [5, 5.41) is 0.900. The number of imidazole rings is 1. The highest BCUT2D eigenvalue weighted by Gasteiger charge is 2.33. The number of ether oxygens (including phenoxy) is 3. The second-order valence-corrected chi connectivity index (χ2v) is 8.50. The fraction of sp³-hybridized carbons (Fsp3) is 0.478. The van der Waals surface area contributed by atoms with Gasteiger partial charge in [0.05, 0.1) is 36.5 Å². The van der Waals surface area contributed by atoms with E-state index >= 15 is 0 Å². The number of H-pyrrole nitrogens is 1. The smallest absolute Gasteiger partial charge is 0.171 e. The lowest BCUT2D eigenvalue weighted by Gasteiger charge is -2.37. The first-order valence-corrected chi connectivity index (χ1v) is 11.6. The van der Waals surface area contributed by atoms with E-state index in [2.05, 4.69) is 28.8 Å². The Hall–Kier alpha value is -2.09. The molecule has 160 valence electrons. The van der Waals surface area contributed by atoms with Crippen LogP contribution in [0.2, 0.25) is 0 Å². The first-order valence-electron chi connectivity index (χ1n) is 10.6. The summed E-state index contributed by atoms with van der Waals surface area (Å²) >= 11 is 1.65. The third-order valence-electron chi connectivity index (χ3n) is 5.36. The zero-order valence-electron chi connectivity index (χ0n) is 17.6. The molecular formula is C23H29N3O3S. The topological polar surface area (TPSA) is 69.3 Å². The van der Waals surface area contributed by atoms with Crippen LogP contribution in [0.4, 0.5) is 0 Å². The highest BCUT2D eigenvalue weighted by molar-refractivity contribution is 7.98. The summed E-state index contributed by atoms with van der Waals surface area (Å²) in [5.41, 5.74) is 4.10. The van der Waals surface area contributed by atoms with Gasteiger partial charge in [0.25, 0.3) is 0 Å². The number of hydrogen-bond acceptors (Lipinski definition) is 6. The van der Waals surface area contributed by atoms with E-state index in [4.69, 9.17) is 14.2 Å². The lowest BCUT2D eigenvalue weighted by molar-refractivity contribution is -0.275. The highest BCUT2D eigenvalue weighted by atomic mass is 32.2. The number of aromatic nitrogens is 3. The Balaban J connectivity index is 1.36. The minimum atomic E-state index is -0.492. The van der Waals surface area contributed by atoms with Crippen LogP contribution in [0.15, 0.2) is 41.7 Å². The van der Waals surface area contributed by atoms with E-state index in [9.17, 15) is 0 Å². The molecule has 1 aromatic carbocycles. The lowest BCUT2D eigenvalue weighted by atomic mass is 10.1. The molecule has 2 aromatic heterocycles. The van der Waals surface area contributed by atoms with E-state index in [1.165, 1.54) is 0 Å². The molecule has 0 atom stereocenters. The number of aromatic amines is 1. The molecule has 1 aliphatic rings. The van der Waals surface area contributed by atoms with Crippen molar-refractivity contribution in [2.75, 3.05) is 19.8 Å². The second-order valence-electron chi connectivity index (χ2n) is 7.54. The standard InChI is InChI=1S/C23H29N3O3S/c1-3-10-23(28-13-6-14-29-23)11-15-27-21-9-12-24-20(17(21)2)16-30-22-25-18-7-4-5-8-19(18)26-22/h4-5,7-9,12H,3,6,10-11,13-16H2,1-2H3,(H,25,26). The molecule has 0 amide bonds. The van der Waals surface area contributed by atoms with Crippen LogP contribution in [0.5, 0.6) is 5.75 Å². The molecule has 0 bridgehead atoms. The number of nitrogens with zero attached hydrogens (tertiary/aromatic N) is 2. The Kier molecular flexibility index (Phi) is 6.92. The average Bonchev–Trinajstić information content (AvgIpc) is 3.18. The largest absolute Gasteiger partial charge is 0.493 e. The predicted molar refractivity (Wildman–Crippen MR) is 119 cm³/mol. The SMILES string of the molecule is CCCC1(CCOc2ccnc(CSc3nc4ccccc4[nH]3)c2C)OCCCO1. The first-order chi connectivity index (χ1) is 14.7. The molecule has 3 aromatic rings. The van der Waals surface area contributed by atoms with Gasteiger partial charge in [0.2, 0.25) is 0 Å². The van der Waals surface area contributed by atoms with Crippen LogP contribution in [0.25, 0.3) is 11.0 Å². The van der Waals surface area contributed by atoms with Crippen molar-refractivity contribution >= 4 is 22.8 Å². The Morgan fingerprint density at radius 2 is 2.00 bits per heavy atom. The fourth-order valence-corrected chi connectivity index (χ4v) is 4.63. The normalized spacial score (nSPS) is 16.1. The Labute approximate surface area is 181 Å². The van der Waals surface area contributed by atoms with Gasteiger partial charge in [0.1, 0.15) is 5.75 Å². The van der Waals surface area contributed by atoms with Crippen LogP contribution in [0.1, 0.15) is 43.9 Å². The monoisotopic (exact) mass is 427 g/mol. The number of benzene rings is 1. The number of fused-ring (bicyclic) bond motifs is 1. The van der Waals surface area contributed by atoms with Crippen molar-refractivity contribution in [1.29, 1.82) is 0 Å². The molecule has 0 radical (unpaired) electrons. The third kappa shape index (κ3) is 4.96. The van der Waals surface area contributed by atoms with Crippen molar-refractivity contribution in [3.8, 4) is 5.75 Å². The Bertz CT molecular complexity index is 931. The number of rotatable bonds is 9. The molecule has 1 fully saturated rings. The maximum atomic E-state index is 6.12. The van der Waals surface area contributed by atoms with Gasteiger partial charge >= 0.3 is 0 Å². The fourth-order valence-electron chi connectivity index (χ4n) is 3.72. The zero-order valence-corrected chi connectivity index (χ0v) is 18.5. The molecule has 30 heavy (non-hydrogen) atoms. The van der Waals surface area contributed by atoms with Gasteiger partial charge in [-0.25, -0.2) is 4.98 Å². The van der Waals surface area contributed by atoms with Crippen LogP contribution >= 0.6 is 11.8 Å². The molecule has 0 spiro atoms. The van der Waals surface area contributed by atoms with Gasteiger partial charge in [-0.05, 0) is 31.5 Å². The van der Waals surface area contributed by atoms with Crippen LogP contribution in [0, 0.1) is 6.92 Å². The first kappa shape index (κ1) is 21.2. The molecule has 0 aliphatic carbocycles. The molecule has 3 heterocycles. The predicted octanol–water partition coefficient (Wildman–Crippen LogP) is 5.26. The minimum absolute atomic E-state index is 0.492. The van der Waals surface area contributed by atoms with Crippen molar-refractivity contribution in [2.24, 2.45) is 0 Å². The molecule has 1 saturated heterocycles. The Morgan fingerprint density at radius 1 is 1.17 bits per heavy atom. The van der Waals surface area contributed by atoms with Gasteiger partial charge in [-0.15, -0.1) is 0 Å². The maximum Gasteiger partial charge on any atom is 0.171 e. The van der Waals surface area contributed by atoms with E-state index in [1.54, 1.807) is 11.8 Å². The van der Waals surface area contributed by atoms with Gasteiger partial charge < -0.3 is 19.2 Å². The van der Waals surface area contributed by atoms with Crippen LogP contribution < -0.4 is 4.74 Å². The van der Waals surface area contributed by atoms with Crippen LogP contribution in [0.3, 0.4) is 0 Å². The molecule has 1 aliphatic heterocycles. The summed E-state index contributed by atoms with van der Waals surface area (Å²) < 4.78 is 18.1. The summed E-state index contributed by atoms with van der Waals surface area (Å²) in [6.07, 6.45) is 5.42. The molecule has 7 heteroatoms. The molecule has 0 unspecified atom stereocenters. The van der Waals surface area contributed by atoms with E-state index < -0.39 is 5.79 Å². The summed E-state index contributed by atoms with van der Waals surface area (Å²) in [5.74, 6) is 1.11. The zero-order chi connectivity index (χ0) is 20.8. The number of nitrogens with one attached hydrogen (secondary N) is 1. The van der Waals surface area contributed by atoms with E-state index in [1.807, 2.05) is 36.5 Å². The lowest BCUT2D eigenvalue weighted by Crippen LogP contribution is -2.41. The van der Waals surface area contributed by atoms with Crippen molar-refractivity contribution in [3.63, 3.8) is 0 Å². The van der Waals surface area contributed by atoms with Crippen molar-refractivity contribution < 1.29 is 14.2 Å². The molecule has 4 rings (SSSR count). The number of hydrogen-bond donors (Lipinski definition) is 1. The van der Waals surface area contributed by atoms with Crippen LogP contribution in [-0.4, -0.2) is 40.6 Å². The van der Waals surface area contributed by atoms with Crippen molar-refractivity contribution in [1.82, 2.24) is 15.0 Å².